The van der Waals surface area contributed by atoms with Crippen LogP contribution in [0.5, 0.6) is 5.75 Å². The molecule has 0 atom stereocenters. The Labute approximate surface area is 158 Å². The van der Waals surface area contributed by atoms with Crippen LogP contribution in [0.15, 0.2) is 47.5 Å². The van der Waals surface area contributed by atoms with Gasteiger partial charge in [0.15, 0.2) is 4.80 Å². The molecular weight excluding hydrogens is 370 g/mol. The van der Waals surface area contributed by atoms with E-state index in [-0.39, 0.29) is 11.3 Å². The van der Waals surface area contributed by atoms with E-state index in [9.17, 15) is 14.9 Å². The Morgan fingerprint density at radius 2 is 2.00 bits per heavy atom. The van der Waals surface area contributed by atoms with Crippen molar-refractivity contribution in [2.24, 2.45) is 4.99 Å². The lowest BCUT2D eigenvalue weighted by Gasteiger charge is -2.07. The molecule has 0 bridgehead atoms. The fourth-order valence-corrected chi connectivity index (χ4v) is 3.77. The zero-order chi connectivity index (χ0) is 19.4. The molecule has 9 heteroatoms. The number of hydrogen-bond acceptors (Lipinski definition) is 6. The van der Waals surface area contributed by atoms with Gasteiger partial charge < -0.3 is 14.0 Å². The second-order valence-corrected chi connectivity index (χ2v) is 6.54. The summed E-state index contributed by atoms with van der Waals surface area (Å²) in [5.41, 5.74) is 0.481. The number of fused-ring (bicyclic) bond motifs is 1. The summed E-state index contributed by atoms with van der Waals surface area (Å²) in [6, 6.07) is 11.4. The van der Waals surface area contributed by atoms with Crippen molar-refractivity contribution in [1.29, 1.82) is 0 Å². The van der Waals surface area contributed by atoms with Crippen molar-refractivity contribution in [3.05, 3.63) is 62.9 Å². The van der Waals surface area contributed by atoms with Crippen molar-refractivity contribution in [3.8, 4) is 5.75 Å². The average molecular weight is 387 g/mol. The van der Waals surface area contributed by atoms with Crippen molar-refractivity contribution in [2.75, 3.05) is 20.8 Å². The zero-order valence-corrected chi connectivity index (χ0v) is 15.6. The van der Waals surface area contributed by atoms with E-state index in [1.165, 1.54) is 29.5 Å². The lowest BCUT2D eigenvalue weighted by Crippen LogP contribution is -2.20. The summed E-state index contributed by atoms with van der Waals surface area (Å²) in [6.45, 7) is 0.872. The number of nitro benzene ring substituents is 1. The number of para-hydroxylation sites is 2. The van der Waals surface area contributed by atoms with Crippen LogP contribution in [0.4, 0.5) is 5.69 Å². The minimum absolute atomic E-state index is 0.0507. The van der Waals surface area contributed by atoms with Crippen molar-refractivity contribution in [2.45, 2.75) is 6.54 Å². The van der Waals surface area contributed by atoms with Crippen molar-refractivity contribution < 1.29 is 19.2 Å². The Bertz CT molecular complexity index is 1070. The highest BCUT2D eigenvalue weighted by atomic mass is 32.1. The van der Waals surface area contributed by atoms with Gasteiger partial charge in [-0.15, -0.1) is 0 Å². The van der Waals surface area contributed by atoms with Gasteiger partial charge in [-0.05, 0) is 18.2 Å². The number of carbonyl (C=O) groups excluding carboxylic acids is 1. The number of hydrogen-bond donors (Lipinski definition) is 0. The molecule has 0 saturated heterocycles. The maximum absolute atomic E-state index is 12.7. The minimum atomic E-state index is -0.668. The van der Waals surface area contributed by atoms with Crippen LogP contribution in [0.2, 0.25) is 0 Å². The van der Waals surface area contributed by atoms with E-state index in [0.717, 1.165) is 10.2 Å². The Balaban J connectivity index is 2.18. The number of thiazole rings is 1. The molecule has 0 aliphatic rings. The number of rotatable bonds is 6. The molecule has 8 nitrogen and oxygen atoms in total. The molecule has 0 saturated carbocycles. The Kier molecular flexibility index (Phi) is 5.63. The third-order valence-corrected chi connectivity index (χ3v) is 4.97. The summed E-state index contributed by atoms with van der Waals surface area (Å²) in [4.78, 5) is 27.8. The van der Waals surface area contributed by atoms with Crippen molar-refractivity contribution in [3.63, 3.8) is 0 Å². The van der Waals surface area contributed by atoms with Crippen LogP contribution in [0.3, 0.4) is 0 Å². The number of nitro groups is 1. The summed E-state index contributed by atoms with van der Waals surface area (Å²) in [5.74, 6) is -0.0153. The van der Waals surface area contributed by atoms with Gasteiger partial charge in [0, 0.05) is 19.7 Å². The van der Waals surface area contributed by atoms with E-state index in [4.69, 9.17) is 9.47 Å². The van der Waals surface area contributed by atoms with Gasteiger partial charge in [0.2, 0.25) is 0 Å². The first-order valence-electron chi connectivity index (χ1n) is 8.04. The summed E-state index contributed by atoms with van der Waals surface area (Å²) in [6.07, 6.45) is 0. The Morgan fingerprint density at radius 3 is 2.70 bits per heavy atom. The number of benzene rings is 2. The smallest absolute Gasteiger partial charge is 0.286 e. The highest BCUT2D eigenvalue weighted by molar-refractivity contribution is 7.16. The van der Waals surface area contributed by atoms with E-state index < -0.39 is 10.8 Å². The second kappa shape index (κ2) is 8.11. The first-order valence-corrected chi connectivity index (χ1v) is 8.86. The third-order valence-electron chi connectivity index (χ3n) is 3.93. The molecular formula is C18H17N3O5S. The van der Waals surface area contributed by atoms with E-state index in [0.29, 0.717) is 23.7 Å². The Morgan fingerprint density at radius 1 is 1.22 bits per heavy atom. The fraction of sp³-hybridized carbons (Fsp3) is 0.222. The molecule has 0 unspecified atom stereocenters. The first kappa shape index (κ1) is 18.7. The fourth-order valence-electron chi connectivity index (χ4n) is 2.70. The van der Waals surface area contributed by atoms with Crippen LogP contribution in [-0.4, -0.2) is 36.2 Å². The van der Waals surface area contributed by atoms with Crippen LogP contribution in [-0.2, 0) is 11.3 Å². The molecule has 0 aliphatic heterocycles. The van der Waals surface area contributed by atoms with Gasteiger partial charge in [-0.1, -0.05) is 29.5 Å². The largest absolute Gasteiger partial charge is 0.495 e. The van der Waals surface area contributed by atoms with Crippen LogP contribution >= 0.6 is 11.3 Å². The monoisotopic (exact) mass is 387 g/mol. The molecule has 1 heterocycles. The van der Waals surface area contributed by atoms with Crippen LogP contribution in [0.25, 0.3) is 10.2 Å². The van der Waals surface area contributed by atoms with E-state index in [1.807, 2.05) is 22.8 Å². The summed E-state index contributed by atoms with van der Waals surface area (Å²) in [7, 11) is 3.16. The molecule has 3 rings (SSSR count). The normalized spacial score (nSPS) is 11.7. The standard InChI is InChI=1S/C18H17N3O5S/c1-25-11-10-20-16-14(26-2)8-5-9-15(16)27-18(20)19-17(22)12-6-3-4-7-13(12)21(23)24/h3-9H,10-11H2,1-2H3. The average Bonchev–Trinajstić information content (AvgIpc) is 3.03. The molecule has 0 N–H and O–H groups in total. The molecule has 0 fully saturated rings. The Hall–Kier alpha value is -3.04. The number of methoxy groups -OCH3 is 2. The second-order valence-electron chi connectivity index (χ2n) is 5.53. The predicted molar refractivity (Wildman–Crippen MR) is 101 cm³/mol. The molecule has 0 aliphatic carbocycles. The molecule has 0 spiro atoms. The van der Waals surface area contributed by atoms with Gasteiger partial charge in [0.05, 0.1) is 23.3 Å². The molecule has 3 aromatic rings. The van der Waals surface area contributed by atoms with Gasteiger partial charge in [-0.3, -0.25) is 14.9 Å². The van der Waals surface area contributed by atoms with E-state index >= 15 is 0 Å². The first-order chi connectivity index (χ1) is 13.1. The quantitative estimate of drug-likeness (QED) is 0.478. The van der Waals surface area contributed by atoms with Gasteiger partial charge in [0.1, 0.15) is 16.8 Å². The van der Waals surface area contributed by atoms with Crippen LogP contribution in [0.1, 0.15) is 10.4 Å². The molecule has 140 valence electrons. The summed E-state index contributed by atoms with van der Waals surface area (Å²) < 4.78 is 13.3. The number of aromatic nitrogens is 1. The lowest BCUT2D eigenvalue weighted by molar-refractivity contribution is -0.385. The number of amides is 1. The number of nitrogens with zero attached hydrogens (tertiary/aromatic N) is 3. The molecule has 0 radical (unpaired) electrons. The van der Waals surface area contributed by atoms with Gasteiger partial charge >= 0.3 is 0 Å². The van der Waals surface area contributed by atoms with Gasteiger partial charge in [-0.25, -0.2) is 0 Å². The maximum Gasteiger partial charge on any atom is 0.286 e. The van der Waals surface area contributed by atoms with Gasteiger partial charge in [0.25, 0.3) is 11.6 Å². The highest BCUT2D eigenvalue weighted by Gasteiger charge is 2.19. The molecule has 27 heavy (non-hydrogen) atoms. The summed E-state index contributed by atoms with van der Waals surface area (Å²) >= 11 is 1.31. The lowest BCUT2D eigenvalue weighted by atomic mass is 10.2. The zero-order valence-electron chi connectivity index (χ0n) is 14.7. The molecule has 1 amide bonds. The summed E-state index contributed by atoms with van der Waals surface area (Å²) in [5, 5.41) is 11.2. The number of carbonyl (C=O) groups is 1. The van der Waals surface area contributed by atoms with Crippen molar-refractivity contribution in [1.82, 2.24) is 4.57 Å². The third kappa shape index (κ3) is 3.74. The SMILES string of the molecule is COCCn1c(=NC(=O)c2ccccc2[N+](=O)[O-])sc2cccc(OC)c21. The topological polar surface area (TPSA) is 96.0 Å². The van der Waals surface area contributed by atoms with Gasteiger partial charge in [-0.2, -0.15) is 4.99 Å². The molecule has 1 aromatic heterocycles. The van der Waals surface area contributed by atoms with Crippen LogP contribution < -0.4 is 9.54 Å². The minimum Gasteiger partial charge on any atom is -0.495 e. The maximum atomic E-state index is 12.7. The number of ether oxygens (including phenoxy) is 2. The van der Waals surface area contributed by atoms with Crippen molar-refractivity contribution >= 4 is 33.1 Å². The van der Waals surface area contributed by atoms with E-state index in [2.05, 4.69) is 4.99 Å². The predicted octanol–water partition coefficient (Wildman–Crippen LogP) is 3.01. The highest BCUT2D eigenvalue weighted by Crippen LogP contribution is 2.27. The van der Waals surface area contributed by atoms with Crippen LogP contribution in [0, 0.1) is 10.1 Å². The molecule has 2 aromatic carbocycles. The van der Waals surface area contributed by atoms with E-state index in [1.54, 1.807) is 20.3 Å².